The minimum absolute atomic E-state index is 0.219. The first-order chi connectivity index (χ1) is 11.2. The van der Waals surface area contributed by atoms with Gasteiger partial charge in [-0.1, -0.05) is 0 Å². The molecule has 1 aliphatic heterocycles. The summed E-state index contributed by atoms with van der Waals surface area (Å²) < 4.78 is 2.02. The van der Waals surface area contributed by atoms with E-state index in [1.54, 1.807) is 11.8 Å². The van der Waals surface area contributed by atoms with Gasteiger partial charge >= 0.3 is 6.03 Å². The average Bonchev–Trinajstić information content (AvgIpc) is 2.83. The molecule has 0 spiro atoms. The number of rotatable bonds is 4. The monoisotopic (exact) mass is 331 g/mol. The number of nitrogens with one attached hydrogen (secondary N) is 3. The second-order valence-electron chi connectivity index (χ2n) is 5.42. The van der Waals surface area contributed by atoms with E-state index in [-0.39, 0.29) is 6.03 Å². The summed E-state index contributed by atoms with van der Waals surface area (Å²) >= 11 is 1.67. The topological polar surface area (TPSA) is 71.0 Å². The molecule has 2 aromatic rings. The molecule has 1 aromatic carbocycles. The van der Waals surface area contributed by atoms with Gasteiger partial charge in [-0.3, -0.25) is 4.68 Å². The minimum Gasteiger partial charge on any atom is -0.332 e. The third kappa shape index (κ3) is 4.27. The summed E-state index contributed by atoms with van der Waals surface area (Å²) in [5.74, 6) is 0. The Balaban J connectivity index is 1.52. The number of hydrogen-bond donors (Lipinski definition) is 3. The summed E-state index contributed by atoms with van der Waals surface area (Å²) in [6, 6.07) is 9.60. The number of urea groups is 1. The van der Waals surface area contributed by atoms with Crippen LogP contribution in [-0.2, 0) is 19.6 Å². The van der Waals surface area contributed by atoms with Gasteiger partial charge in [0.1, 0.15) is 0 Å². The number of carbonyl (C=O) groups is 1. The van der Waals surface area contributed by atoms with Crippen LogP contribution in [0.5, 0.6) is 0 Å². The Morgan fingerprint density at radius 2 is 2.22 bits per heavy atom. The molecule has 3 N–H and O–H groups in total. The van der Waals surface area contributed by atoms with Crippen molar-refractivity contribution >= 4 is 23.5 Å². The molecule has 7 heteroatoms. The van der Waals surface area contributed by atoms with Crippen LogP contribution in [0.25, 0.3) is 0 Å². The fourth-order valence-corrected chi connectivity index (χ4v) is 2.94. The van der Waals surface area contributed by atoms with Gasteiger partial charge < -0.3 is 16.0 Å². The summed E-state index contributed by atoms with van der Waals surface area (Å²) in [5, 5.41) is 13.6. The average molecular weight is 331 g/mol. The third-order valence-corrected chi connectivity index (χ3v) is 4.47. The minimum atomic E-state index is -0.219. The predicted molar refractivity (Wildman–Crippen MR) is 92.6 cm³/mol. The number of benzene rings is 1. The molecule has 3 rings (SSSR count). The van der Waals surface area contributed by atoms with E-state index in [0.29, 0.717) is 6.54 Å². The van der Waals surface area contributed by atoms with Crippen molar-refractivity contribution in [3.8, 4) is 0 Å². The largest absolute Gasteiger partial charge is 0.332 e. The first-order valence-corrected chi connectivity index (χ1v) is 8.92. The third-order valence-electron chi connectivity index (χ3n) is 3.72. The van der Waals surface area contributed by atoms with Crippen LogP contribution in [0, 0.1) is 0 Å². The van der Waals surface area contributed by atoms with E-state index in [0.717, 1.165) is 37.4 Å². The number of aromatic nitrogens is 2. The number of fused-ring (bicyclic) bond motifs is 1. The zero-order chi connectivity index (χ0) is 16.1. The lowest BCUT2D eigenvalue weighted by molar-refractivity contribution is 0.251. The highest BCUT2D eigenvalue weighted by Gasteiger charge is 2.11. The first-order valence-electron chi connectivity index (χ1n) is 7.70. The van der Waals surface area contributed by atoms with Gasteiger partial charge in [0.15, 0.2) is 0 Å². The van der Waals surface area contributed by atoms with Gasteiger partial charge in [0.05, 0.1) is 17.9 Å². The summed E-state index contributed by atoms with van der Waals surface area (Å²) in [7, 11) is 0. The summed E-state index contributed by atoms with van der Waals surface area (Å²) in [6.07, 6.45) is 3.10. The highest BCUT2D eigenvalue weighted by Crippen LogP contribution is 2.17. The number of anilines is 1. The number of carbonyl (C=O) groups excluding carboxylic acids is 1. The Morgan fingerprint density at radius 1 is 1.39 bits per heavy atom. The maximum Gasteiger partial charge on any atom is 0.319 e. The molecule has 1 aromatic heterocycles. The van der Waals surface area contributed by atoms with E-state index in [9.17, 15) is 4.79 Å². The molecule has 0 radical (unpaired) electrons. The van der Waals surface area contributed by atoms with Crippen molar-refractivity contribution in [2.24, 2.45) is 0 Å². The molecule has 0 unspecified atom stereocenters. The van der Waals surface area contributed by atoms with E-state index in [4.69, 9.17) is 0 Å². The summed E-state index contributed by atoms with van der Waals surface area (Å²) in [4.78, 5) is 13.1. The van der Waals surface area contributed by atoms with Gasteiger partial charge in [-0.05, 0) is 49.6 Å². The number of aryl methyl sites for hydroxylation is 1. The van der Waals surface area contributed by atoms with Crippen molar-refractivity contribution in [1.29, 1.82) is 0 Å². The SMILES string of the molecule is CSc1ccc(NC(=O)NCc2cc3n(n2)CCCNC3)cc1. The molecule has 122 valence electrons. The molecule has 0 saturated carbocycles. The van der Waals surface area contributed by atoms with Gasteiger partial charge in [-0.15, -0.1) is 11.8 Å². The van der Waals surface area contributed by atoms with Gasteiger partial charge in [0.25, 0.3) is 0 Å². The van der Waals surface area contributed by atoms with Crippen LogP contribution in [0.4, 0.5) is 10.5 Å². The smallest absolute Gasteiger partial charge is 0.319 e. The van der Waals surface area contributed by atoms with Crippen LogP contribution >= 0.6 is 11.8 Å². The van der Waals surface area contributed by atoms with Crippen LogP contribution in [0.1, 0.15) is 17.8 Å². The van der Waals surface area contributed by atoms with Crippen molar-refractivity contribution < 1.29 is 4.79 Å². The molecule has 2 amide bonds. The number of hydrogen-bond acceptors (Lipinski definition) is 4. The van der Waals surface area contributed by atoms with E-state index in [1.807, 2.05) is 41.3 Å². The highest BCUT2D eigenvalue weighted by atomic mass is 32.2. The van der Waals surface area contributed by atoms with Crippen molar-refractivity contribution in [3.63, 3.8) is 0 Å². The molecule has 23 heavy (non-hydrogen) atoms. The van der Waals surface area contributed by atoms with Gasteiger partial charge in [0, 0.05) is 23.7 Å². The summed E-state index contributed by atoms with van der Waals surface area (Å²) in [5.41, 5.74) is 2.84. The fourth-order valence-electron chi connectivity index (χ4n) is 2.53. The van der Waals surface area contributed by atoms with Gasteiger partial charge in [0.2, 0.25) is 0 Å². The molecule has 6 nitrogen and oxygen atoms in total. The van der Waals surface area contributed by atoms with Crippen LogP contribution in [0.2, 0.25) is 0 Å². The van der Waals surface area contributed by atoms with E-state index >= 15 is 0 Å². The lowest BCUT2D eigenvalue weighted by Gasteiger charge is -2.07. The van der Waals surface area contributed by atoms with Crippen molar-refractivity contribution in [2.45, 2.75) is 31.0 Å². The molecule has 0 saturated heterocycles. The molecular weight excluding hydrogens is 310 g/mol. The predicted octanol–water partition coefficient (Wildman–Crippen LogP) is 2.42. The fraction of sp³-hybridized carbons (Fsp3) is 0.375. The molecule has 1 aliphatic rings. The molecular formula is C16H21N5OS. The lowest BCUT2D eigenvalue weighted by atomic mass is 10.3. The lowest BCUT2D eigenvalue weighted by Crippen LogP contribution is -2.28. The normalized spacial score (nSPS) is 14.0. The summed E-state index contributed by atoms with van der Waals surface area (Å²) in [6.45, 7) is 3.21. The first kappa shape index (κ1) is 15.9. The van der Waals surface area contributed by atoms with Crippen LogP contribution in [0.15, 0.2) is 35.2 Å². The van der Waals surface area contributed by atoms with E-state index in [1.165, 1.54) is 10.6 Å². The maximum atomic E-state index is 12.0. The maximum absolute atomic E-state index is 12.0. The Hall–Kier alpha value is -1.99. The molecule has 0 aliphatic carbocycles. The standard InChI is InChI=1S/C16H21N5OS/c1-23-15-5-3-12(4-6-15)19-16(22)18-10-13-9-14-11-17-7-2-8-21(14)20-13/h3-6,9,17H,2,7-8,10-11H2,1H3,(H2,18,19,22). The number of nitrogens with zero attached hydrogens (tertiary/aromatic N) is 2. The Kier molecular flexibility index (Phi) is 5.19. The van der Waals surface area contributed by atoms with E-state index < -0.39 is 0 Å². The van der Waals surface area contributed by atoms with Gasteiger partial charge in [-0.2, -0.15) is 5.10 Å². The van der Waals surface area contributed by atoms with Crippen molar-refractivity contribution in [2.75, 3.05) is 18.1 Å². The second kappa shape index (κ2) is 7.52. The number of thioether (sulfide) groups is 1. The Morgan fingerprint density at radius 3 is 3.00 bits per heavy atom. The number of amides is 2. The highest BCUT2D eigenvalue weighted by molar-refractivity contribution is 7.98. The Bertz CT molecular complexity index is 644. The Labute approximate surface area is 140 Å². The quantitative estimate of drug-likeness (QED) is 0.753. The van der Waals surface area contributed by atoms with Crippen LogP contribution in [0.3, 0.4) is 0 Å². The molecule has 2 heterocycles. The van der Waals surface area contributed by atoms with Gasteiger partial charge in [-0.25, -0.2) is 4.79 Å². The van der Waals surface area contributed by atoms with Crippen molar-refractivity contribution in [1.82, 2.24) is 20.4 Å². The molecule has 0 fully saturated rings. The van der Waals surface area contributed by atoms with Crippen LogP contribution < -0.4 is 16.0 Å². The zero-order valence-electron chi connectivity index (χ0n) is 13.1. The van der Waals surface area contributed by atoms with Crippen molar-refractivity contribution in [3.05, 3.63) is 41.7 Å². The molecule has 0 atom stereocenters. The zero-order valence-corrected chi connectivity index (χ0v) is 13.9. The van der Waals surface area contributed by atoms with E-state index in [2.05, 4.69) is 21.0 Å². The second-order valence-corrected chi connectivity index (χ2v) is 6.30. The van der Waals surface area contributed by atoms with Crippen LogP contribution in [-0.4, -0.2) is 28.6 Å². The molecule has 0 bridgehead atoms.